The van der Waals surface area contributed by atoms with E-state index in [1.165, 1.54) is 19.3 Å². The number of carbonyl (C=O) groups is 2. The van der Waals surface area contributed by atoms with Crippen molar-refractivity contribution in [2.45, 2.75) is 6.92 Å². The van der Waals surface area contributed by atoms with E-state index >= 15 is 0 Å². The van der Waals surface area contributed by atoms with Gasteiger partial charge in [-0.3, -0.25) is 4.79 Å². The van der Waals surface area contributed by atoms with Gasteiger partial charge in [-0.1, -0.05) is 18.7 Å². The number of amides is 1. The smallest absolute Gasteiger partial charge is 0.349 e. The maximum atomic E-state index is 11.7. The van der Waals surface area contributed by atoms with Crippen LogP contribution < -0.4 is 14.8 Å². The third-order valence-electron chi connectivity index (χ3n) is 2.90. The van der Waals surface area contributed by atoms with Crippen LogP contribution in [0, 0.1) is 11.3 Å². The number of nitrogens with one attached hydrogen (secondary N) is 1. The largest absolute Gasteiger partial charge is 0.493 e. The number of hydrogen-bond acceptors (Lipinski definition) is 6. The molecule has 0 spiro atoms. The molecule has 1 aromatic rings. The van der Waals surface area contributed by atoms with Gasteiger partial charge in [-0.05, 0) is 30.7 Å². The molecular formula is C18H20N2O5. The van der Waals surface area contributed by atoms with Gasteiger partial charge in [0.15, 0.2) is 18.1 Å². The lowest BCUT2D eigenvalue weighted by Gasteiger charge is -2.11. The molecule has 1 N–H and O–H groups in total. The van der Waals surface area contributed by atoms with Crippen LogP contribution in [0.25, 0.3) is 6.08 Å². The van der Waals surface area contributed by atoms with Crippen LogP contribution >= 0.6 is 0 Å². The van der Waals surface area contributed by atoms with Crippen molar-refractivity contribution in [3.05, 3.63) is 42.0 Å². The first-order chi connectivity index (χ1) is 12.0. The maximum Gasteiger partial charge on any atom is 0.349 e. The lowest BCUT2D eigenvalue weighted by atomic mass is 10.1. The molecule has 0 aliphatic heterocycles. The average Bonchev–Trinajstić information content (AvgIpc) is 2.62. The van der Waals surface area contributed by atoms with Gasteiger partial charge in [0.25, 0.3) is 5.91 Å². The minimum Gasteiger partial charge on any atom is -0.493 e. The molecule has 0 saturated heterocycles. The fourth-order valence-electron chi connectivity index (χ4n) is 1.80. The fourth-order valence-corrected chi connectivity index (χ4v) is 1.80. The van der Waals surface area contributed by atoms with Gasteiger partial charge in [-0.2, -0.15) is 5.26 Å². The summed E-state index contributed by atoms with van der Waals surface area (Å²) in [5.74, 6) is -0.239. The first kappa shape index (κ1) is 19.8. The number of ether oxygens (including phenoxy) is 3. The topological polar surface area (TPSA) is 97.7 Å². The van der Waals surface area contributed by atoms with E-state index in [0.717, 1.165) is 0 Å². The Kier molecular flexibility index (Phi) is 8.30. The minimum absolute atomic E-state index is 0.0216. The van der Waals surface area contributed by atoms with Crippen LogP contribution in [-0.4, -0.2) is 38.7 Å². The van der Waals surface area contributed by atoms with Gasteiger partial charge in [0.2, 0.25) is 0 Å². The second-order valence-corrected chi connectivity index (χ2v) is 4.71. The van der Waals surface area contributed by atoms with Crippen LogP contribution in [0.2, 0.25) is 0 Å². The molecule has 7 nitrogen and oxygen atoms in total. The van der Waals surface area contributed by atoms with E-state index in [0.29, 0.717) is 23.6 Å². The molecule has 25 heavy (non-hydrogen) atoms. The second-order valence-electron chi connectivity index (χ2n) is 4.71. The Morgan fingerprint density at radius 2 is 2.12 bits per heavy atom. The van der Waals surface area contributed by atoms with Crippen molar-refractivity contribution in [3.63, 3.8) is 0 Å². The third kappa shape index (κ3) is 6.39. The van der Waals surface area contributed by atoms with Crippen LogP contribution in [0.15, 0.2) is 36.4 Å². The summed E-state index contributed by atoms with van der Waals surface area (Å²) in [4.78, 5) is 23.2. The number of likely N-dealkylation sites (N-methyl/N-ethyl adjacent to an activating group) is 1. The summed E-state index contributed by atoms with van der Waals surface area (Å²) >= 11 is 0. The summed E-state index contributed by atoms with van der Waals surface area (Å²) in [6, 6.07) is 6.61. The Morgan fingerprint density at radius 1 is 1.36 bits per heavy atom. The van der Waals surface area contributed by atoms with Crippen LogP contribution in [0.1, 0.15) is 12.5 Å². The molecule has 0 aliphatic rings. The first-order valence-corrected chi connectivity index (χ1v) is 7.53. The molecule has 0 aliphatic carbocycles. The predicted octanol–water partition coefficient (Wildman–Crippen LogP) is 1.85. The molecule has 0 fully saturated rings. The Hall–Kier alpha value is -3.27. The van der Waals surface area contributed by atoms with Crippen molar-refractivity contribution in [1.29, 1.82) is 5.26 Å². The Balaban J connectivity index is 2.94. The quantitative estimate of drug-likeness (QED) is 0.318. The first-order valence-electron chi connectivity index (χ1n) is 7.53. The standard InChI is InChI=1S/C18H20N2O5/c1-4-8-24-18(22)14(11-19)9-13-6-7-15(16(10-13)23-3)25-12-17(21)20-5-2/h4,6-7,9-10H,1,5,8,12H2,2-3H3,(H,20,21)/b14-9+. The normalized spacial score (nSPS) is 10.4. The molecule has 0 unspecified atom stereocenters. The number of hydrogen-bond donors (Lipinski definition) is 1. The van der Waals surface area contributed by atoms with Gasteiger partial charge in [0.05, 0.1) is 7.11 Å². The van der Waals surface area contributed by atoms with Crippen LogP contribution in [0.3, 0.4) is 0 Å². The lowest BCUT2D eigenvalue weighted by Crippen LogP contribution is -2.28. The molecule has 7 heteroatoms. The van der Waals surface area contributed by atoms with E-state index in [2.05, 4.69) is 11.9 Å². The Bertz CT molecular complexity index is 704. The van der Waals surface area contributed by atoms with Crippen molar-refractivity contribution in [3.8, 4) is 17.6 Å². The number of benzene rings is 1. The number of nitrogens with zero attached hydrogens (tertiary/aromatic N) is 1. The zero-order valence-corrected chi connectivity index (χ0v) is 14.2. The highest BCUT2D eigenvalue weighted by atomic mass is 16.5. The molecule has 0 heterocycles. The Morgan fingerprint density at radius 3 is 2.72 bits per heavy atom. The van der Waals surface area contributed by atoms with Crippen LogP contribution in [0.5, 0.6) is 11.5 Å². The highest BCUT2D eigenvalue weighted by Gasteiger charge is 2.12. The van der Waals surface area contributed by atoms with E-state index in [4.69, 9.17) is 19.5 Å². The van der Waals surface area contributed by atoms with Crippen molar-refractivity contribution in [1.82, 2.24) is 5.32 Å². The molecule has 0 aromatic heterocycles. The summed E-state index contributed by atoms with van der Waals surface area (Å²) in [7, 11) is 1.45. The summed E-state index contributed by atoms with van der Waals surface area (Å²) in [5.41, 5.74) is 0.397. The second kappa shape index (κ2) is 10.5. The van der Waals surface area contributed by atoms with E-state index in [9.17, 15) is 9.59 Å². The highest BCUT2D eigenvalue weighted by Crippen LogP contribution is 2.29. The highest BCUT2D eigenvalue weighted by molar-refractivity contribution is 5.98. The summed E-state index contributed by atoms with van der Waals surface area (Å²) in [6.45, 7) is 5.64. The third-order valence-corrected chi connectivity index (χ3v) is 2.90. The number of carbonyl (C=O) groups excluding carboxylic acids is 2. The van der Waals surface area contributed by atoms with Gasteiger partial charge in [0, 0.05) is 6.54 Å². The fraction of sp³-hybridized carbons (Fsp3) is 0.278. The molecule has 0 radical (unpaired) electrons. The summed E-state index contributed by atoms with van der Waals surface area (Å²) in [6.07, 6.45) is 2.79. The lowest BCUT2D eigenvalue weighted by molar-refractivity contribution is -0.137. The van der Waals surface area contributed by atoms with Gasteiger partial charge in [0.1, 0.15) is 18.2 Å². The number of rotatable bonds is 9. The van der Waals surface area contributed by atoms with Gasteiger partial charge >= 0.3 is 5.97 Å². The number of nitriles is 1. The van der Waals surface area contributed by atoms with E-state index in [1.807, 2.05) is 6.92 Å². The molecule has 0 saturated carbocycles. The van der Waals surface area contributed by atoms with E-state index < -0.39 is 5.97 Å². The molecular weight excluding hydrogens is 324 g/mol. The summed E-state index contributed by atoms with van der Waals surface area (Å²) in [5, 5.41) is 11.7. The van der Waals surface area contributed by atoms with E-state index in [1.54, 1.807) is 24.3 Å². The van der Waals surface area contributed by atoms with Gasteiger partial charge in [-0.25, -0.2) is 4.79 Å². The predicted molar refractivity (Wildman–Crippen MR) is 91.9 cm³/mol. The Labute approximate surface area is 146 Å². The van der Waals surface area contributed by atoms with Crippen LogP contribution in [0.4, 0.5) is 0 Å². The monoisotopic (exact) mass is 344 g/mol. The molecule has 1 rings (SSSR count). The summed E-state index contributed by atoms with van der Waals surface area (Å²) < 4.78 is 15.5. The van der Waals surface area contributed by atoms with Crippen molar-refractivity contribution in [2.24, 2.45) is 0 Å². The average molecular weight is 344 g/mol. The molecule has 1 aromatic carbocycles. The zero-order chi connectivity index (χ0) is 18.7. The van der Waals surface area contributed by atoms with Crippen molar-refractivity contribution in [2.75, 3.05) is 26.9 Å². The minimum atomic E-state index is -0.738. The van der Waals surface area contributed by atoms with E-state index in [-0.39, 0.29) is 24.7 Å². The van der Waals surface area contributed by atoms with Gasteiger partial charge < -0.3 is 19.5 Å². The number of methoxy groups -OCH3 is 1. The molecule has 0 atom stereocenters. The molecule has 1 amide bonds. The van der Waals surface area contributed by atoms with Crippen molar-refractivity contribution < 1.29 is 23.8 Å². The van der Waals surface area contributed by atoms with Crippen molar-refractivity contribution >= 4 is 18.0 Å². The SMILES string of the molecule is C=CCOC(=O)/C(C#N)=C/c1ccc(OCC(=O)NCC)c(OC)c1. The van der Waals surface area contributed by atoms with Gasteiger partial charge in [-0.15, -0.1) is 0 Å². The number of esters is 1. The maximum absolute atomic E-state index is 11.7. The molecule has 132 valence electrons. The molecule has 0 bridgehead atoms. The van der Waals surface area contributed by atoms with Crippen LogP contribution in [-0.2, 0) is 14.3 Å². The zero-order valence-electron chi connectivity index (χ0n) is 14.2.